The Morgan fingerprint density at radius 1 is 1.09 bits per heavy atom. The smallest absolute Gasteiger partial charge is 0.408 e. The third-order valence-electron chi connectivity index (χ3n) is 9.65. The van der Waals surface area contributed by atoms with Gasteiger partial charge < -0.3 is 44.3 Å². The van der Waals surface area contributed by atoms with Crippen LogP contribution in [0.5, 0.6) is 23.0 Å². The first-order chi connectivity index (χ1) is 25.6. The van der Waals surface area contributed by atoms with Crippen LogP contribution in [0.1, 0.15) is 53.9 Å². The van der Waals surface area contributed by atoms with E-state index >= 15 is 0 Å². The van der Waals surface area contributed by atoms with Gasteiger partial charge in [0.25, 0.3) is 0 Å². The maximum Gasteiger partial charge on any atom is 0.408 e. The highest BCUT2D eigenvalue weighted by atomic mass is 16.7. The van der Waals surface area contributed by atoms with E-state index in [1.807, 2.05) is 18.2 Å². The Labute approximate surface area is 313 Å². The van der Waals surface area contributed by atoms with Crippen molar-refractivity contribution in [3.63, 3.8) is 0 Å². The Bertz CT molecular complexity index is 2020. The molecule has 2 aromatic carbocycles. The number of alkyl carbamates (subject to hydrolysis) is 1. The van der Waals surface area contributed by atoms with E-state index < -0.39 is 59.1 Å². The van der Waals surface area contributed by atoms with Gasteiger partial charge in [-0.2, -0.15) is 0 Å². The fourth-order valence-electron chi connectivity index (χ4n) is 6.87. The van der Waals surface area contributed by atoms with Gasteiger partial charge in [0, 0.05) is 42.3 Å². The lowest BCUT2D eigenvalue weighted by Gasteiger charge is -2.33. The number of nitrogens with one attached hydrogen (secondary N) is 2. The second kappa shape index (κ2) is 14.9. The lowest BCUT2D eigenvalue weighted by molar-refractivity contribution is -0.149. The normalized spacial score (nSPS) is 21.0. The molecule has 286 valence electrons. The highest BCUT2D eigenvalue weighted by molar-refractivity contribution is 5.95. The summed E-state index contributed by atoms with van der Waals surface area (Å²) in [4.78, 5) is 60.3. The number of rotatable bonds is 11. The minimum absolute atomic E-state index is 0.0333. The number of ether oxygens (including phenoxy) is 5. The Hall–Kier alpha value is -5.79. The molecule has 0 spiro atoms. The van der Waals surface area contributed by atoms with Gasteiger partial charge >= 0.3 is 12.1 Å². The molecule has 54 heavy (non-hydrogen) atoms. The third-order valence-corrected chi connectivity index (χ3v) is 9.65. The first-order valence-corrected chi connectivity index (χ1v) is 17.8. The quantitative estimate of drug-likeness (QED) is 0.230. The Balaban J connectivity index is 1.34. The third kappa shape index (κ3) is 7.92. The number of hydrogen-bond acceptors (Lipinski definition) is 10. The number of likely N-dealkylation sites (tertiary alicyclic amines) is 1. The minimum atomic E-state index is -1.61. The van der Waals surface area contributed by atoms with Crippen LogP contribution in [0.25, 0.3) is 22.2 Å². The van der Waals surface area contributed by atoms with Gasteiger partial charge in [0.2, 0.25) is 18.6 Å². The molecule has 14 nitrogen and oxygen atoms in total. The van der Waals surface area contributed by atoms with Crippen molar-refractivity contribution in [1.82, 2.24) is 20.5 Å². The second-order valence-electron chi connectivity index (χ2n) is 15.0. The summed E-state index contributed by atoms with van der Waals surface area (Å²) in [5.41, 5.74) is 0.160. The fraction of sp³-hybridized carbons (Fsp3) is 0.425. The molecule has 3 aliphatic rings. The standard InChI is InChI=1S/C40H46N4O10/c1-8-23-13-14-40(19-23,37(47)48)43-35(45)30-17-26(20-44(30)36(46)34(22(2)3)42-38(49)54-39(4,5)6)53-32-18-28(24-9-12-31-33(15-24)52-21-51-31)41-29-16-25(50-7)10-11-27(29)32/h8-13,15-16,18,22,26,30,34H,1,14,17,19-21H2,2-7H3,(H,42,49)(H,43,45)(H,47,48)/t26-,30+,34+,40?/m1/s1. The van der Waals surface area contributed by atoms with Gasteiger partial charge in [-0.25, -0.2) is 14.6 Å². The van der Waals surface area contributed by atoms with Crippen molar-refractivity contribution in [2.45, 2.75) is 83.2 Å². The number of carboxylic acids is 1. The number of pyridine rings is 1. The van der Waals surface area contributed by atoms with E-state index in [1.165, 1.54) is 4.90 Å². The molecule has 1 fully saturated rings. The van der Waals surface area contributed by atoms with Crippen molar-refractivity contribution in [3.05, 3.63) is 66.8 Å². The molecule has 4 atom stereocenters. The summed E-state index contributed by atoms with van der Waals surface area (Å²) in [5, 5.41) is 16.4. The molecular formula is C40H46N4O10. The minimum Gasteiger partial charge on any atom is -0.497 e. The van der Waals surface area contributed by atoms with Crippen LogP contribution in [0.3, 0.4) is 0 Å². The monoisotopic (exact) mass is 742 g/mol. The first kappa shape index (κ1) is 38.0. The van der Waals surface area contributed by atoms with E-state index in [9.17, 15) is 24.3 Å². The van der Waals surface area contributed by atoms with Crippen molar-refractivity contribution < 1.29 is 48.0 Å². The molecule has 3 heterocycles. The van der Waals surface area contributed by atoms with Gasteiger partial charge in [-0.15, -0.1) is 0 Å². The van der Waals surface area contributed by atoms with Crippen LogP contribution in [0, 0.1) is 5.92 Å². The molecule has 0 bridgehead atoms. The molecule has 3 N–H and O–H groups in total. The molecule has 1 aliphatic carbocycles. The zero-order valence-electron chi connectivity index (χ0n) is 31.3. The van der Waals surface area contributed by atoms with Crippen molar-refractivity contribution in [2.24, 2.45) is 5.92 Å². The number of fused-ring (bicyclic) bond motifs is 2. The number of carbonyl (C=O) groups is 4. The highest BCUT2D eigenvalue weighted by Gasteiger charge is 2.49. The molecule has 0 radical (unpaired) electrons. The molecule has 1 aromatic heterocycles. The lowest BCUT2D eigenvalue weighted by atomic mass is 9.94. The van der Waals surface area contributed by atoms with Crippen LogP contribution in [-0.4, -0.2) is 88.6 Å². The number of aromatic nitrogens is 1. The Kier molecular flexibility index (Phi) is 10.5. The van der Waals surface area contributed by atoms with E-state index in [1.54, 1.807) is 78.1 Å². The van der Waals surface area contributed by atoms with Gasteiger partial charge in [0.1, 0.15) is 40.8 Å². The maximum atomic E-state index is 14.4. The molecule has 3 amide bonds. The number of benzene rings is 2. The van der Waals surface area contributed by atoms with E-state index in [0.29, 0.717) is 45.2 Å². The zero-order valence-corrected chi connectivity index (χ0v) is 31.3. The summed E-state index contributed by atoms with van der Waals surface area (Å²) >= 11 is 0. The highest BCUT2D eigenvalue weighted by Crippen LogP contribution is 2.39. The second-order valence-corrected chi connectivity index (χ2v) is 15.0. The van der Waals surface area contributed by atoms with Crippen molar-refractivity contribution in [3.8, 4) is 34.3 Å². The first-order valence-electron chi connectivity index (χ1n) is 17.8. The molecule has 3 aromatic rings. The number of aliphatic carboxylic acids is 1. The van der Waals surface area contributed by atoms with Crippen LogP contribution < -0.4 is 29.6 Å². The van der Waals surface area contributed by atoms with Gasteiger partial charge in [-0.3, -0.25) is 9.59 Å². The average molecular weight is 743 g/mol. The number of hydrogen-bond donors (Lipinski definition) is 3. The molecule has 14 heteroatoms. The van der Waals surface area contributed by atoms with Crippen LogP contribution in [0.4, 0.5) is 4.79 Å². The van der Waals surface area contributed by atoms with Gasteiger partial charge in [-0.05, 0) is 62.6 Å². The topological polar surface area (TPSA) is 175 Å². The van der Waals surface area contributed by atoms with E-state index in [4.69, 9.17) is 28.7 Å². The lowest BCUT2D eigenvalue weighted by Crippen LogP contribution is -2.60. The molecule has 0 saturated carbocycles. The van der Waals surface area contributed by atoms with Gasteiger partial charge in [0.15, 0.2) is 11.5 Å². The number of methoxy groups -OCH3 is 1. The fourth-order valence-corrected chi connectivity index (χ4v) is 6.87. The Morgan fingerprint density at radius 3 is 2.52 bits per heavy atom. The Morgan fingerprint density at radius 2 is 1.85 bits per heavy atom. The average Bonchev–Trinajstić information content (AvgIpc) is 3.88. The van der Waals surface area contributed by atoms with Crippen molar-refractivity contribution in [1.29, 1.82) is 0 Å². The zero-order chi connectivity index (χ0) is 38.9. The molecular weight excluding hydrogens is 696 g/mol. The van der Waals surface area contributed by atoms with Crippen molar-refractivity contribution >= 4 is 34.8 Å². The summed E-state index contributed by atoms with van der Waals surface area (Å²) in [6.07, 6.45) is 1.92. The molecule has 1 saturated heterocycles. The van der Waals surface area contributed by atoms with Crippen molar-refractivity contribution in [2.75, 3.05) is 20.4 Å². The summed E-state index contributed by atoms with van der Waals surface area (Å²) in [5.74, 6) is -0.544. The van der Waals surface area contributed by atoms with Crippen LogP contribution in [-0.2, 0) is 19.1 Å². The number of carboxylic acid groups (broad SMARTS) is 1. The van der Waals surface area contributed by atoms with E-state index in [0.717, 1.165) is 5.56 Å². The van der Waals surface area contributed by atoms with Gasteiger partial charge in [-0.1, -0.05) is 32.6 Å². The SMILES string of the molecule is C=CC1=CCC(NC(=O)[C@@H]2C[C@@H](Oc3cc(-c4ccc5c(c4)OCO5)nc4cc(OC)ccc34)CN2C(=O)[C@@H](NC(=O)OC(C)(C)C)C(C)C)(C(=O)O)C1. The summed E-state index contributed by atoms with van der Waals surface area (Å²) in [7, 11) is 1.56. The van der Waals surface area contributed by atoms with E-state index in [2.05, 4.69) is 17.2 Å². The van der Waals surface area contributed by atoms with E-state index in [-0.39, 0.29) is 32.6 Å². The number of amides is 3. The van der Waals surface area contributed by atoms with Crippen LogP contribution >= 0.6 is 0 Å². The maximum absolute atomic E-state index is 14.4. The van der Waals surface area contributed by atoms with Gasteiger partial charge in [0.05, 0.1) is 24.9 Å². The van der Waals surface area contributed by atoms with Crippen LogP contribution in [0.2, 0.25) is 0 Å². The molecule has 2 aliphatic heterocycles. The van der Waals surface area contributed by atoms with Crippen LogP contribution in [0.15, 0.2) is 66.8 Å². The molecule has 6 rings (SSSR count). The largest absolute Gasteiger partial charge is 0.497 e. The number of allylic oxidation sites excluding steroid dienone is 1. The predicted molar refractivity (Wildman–Crippen MR) is 198 cm³/mol. The summed E-state index contributed by atoms with van der Waals surface area (Å²) in [6.45, 7) is 12.5. The summed E-state index contributed by atoms with van der Waals surface area (Å²) < 4.78 is 28.7. The number of nitrogens with zero attached hydrogens (tertiary/aromatic N) is 2. The molecule has 1 unspecified atom stereocenters. The predicted octanol–water partition coefficient (Wildman–Crippen LogP) is 5.38. The summed E-state index contributed by atoms with van der Waals surface area (Å²) in [6, 6.07) is 10.5. The number of carbonyl (C=O) groups excluding carboxylic acids is 3.